The van der Waals surface area contributed by atoms with Gasteiger partial charge in [0.15, 0.2) is 0 Å². The molecule has 0 aliphatic rings. The van der Waals surface area contributed by atoms with Gasteiger partial charge in [0, 0.05) is 6.54 Å². The highest BCUT2D eigenvalue weighted by atomic mass is 32.2. The smallest absolute Gasteiger partial charge is 0.271 e. The fraction of sp³-hybridized carbons (Fsp3) is 0.0435. The van der Waals surface area contributed by atoms with Crippen molar-refractivity contribution in [3.05, 3.63) is 102 Å². The van der Waals surface area contributed by atoms with Crippen molar-refractivity contribution in [2.45, 2.75) is 11.4 Å². The molecule has 7 nitrogen and oxygen atoms in total. The van der Waals surface area contributed by atoms with Crippen molar-refractivity contribution in [1.82, 2.24) is 15.5 Å². The Bertz CT molecular complexity index is 1270. The molecule has 0 fully saturated rings. The first-order chi connectivity index (χ1) is 15.0. The maximum absolute atomic E-state index is 12.8. The first kappa shape index (κ1) is 20.4. The van der Waals surface area contributed by atoms with Gasteiger partial charge in [-0.25, -0.2) is 8.42 Å². The van der Waals surface area contributed by atoms with Crippen LogP contribution >= 0.6 is 0 Å². The summed E-state index contributed by atoms with van der Waals surface area (Å²) in [6, 6.07) is 25.6. The molecule has 0 radical (unpaired) electrons. The molecule has 3 N–H and O–H groups in total. The molecule has 0 spiro atoms. The zero-order chi connectivity index (χ0) is 21.7. The molecule has 4 rings (SSSR count). The highest BCUT2D eigenvalue weighted by Crippen LogP contribution is 2.23. The van der Waals surface area contributed by atoms with Gasteiger partial charge in [-0.15, -0.1) is 0 Å². The molecule has 1 aromatic heterocycles. The van der Waals surface area contributed by atoms with Gasteiger partial charge >= 0.3 is 0 Å². The van der Waals surface area contributed by atoms with Crippen LogP contribution in [-0.2, 0) is 16.6 Å². The van der Waals surface area contributed by atoms with Crippen LogP contribution in [0.15, 0.2) is 96.0 Å². The highest BCUT2D eigenvalue weighted by Gasteiger charge is 2.20. The van der Waals surface area contributed by atoms with Crippen molar-refractivity contribution >= 4 is 21.6 Å². The number of carbonyl (C=O) groups is 1. The van der Waals surface area contributed by atoms with Gasteiger partial charge in [0.25, 0.3) is 15.9 Å². The second-order valence-electron chi connectivity index (χ2n) is 6.82. The first-order valence-electron chi connectivity index (χ1n) is 9.57. The summed E-state index contributed by atoms with van der Waals surface area (Å²) in [5.41, 5.74) is 2.95. The van der Waals surface area contributed by atoms with E-state index >= 15 is 0 Å². The van der Waals surface area contributed by atoms with Crippen molar-refractivity contribution in [3.63, 3.8) is 0 Å². The number of amides is 1. The zero-order valence-electron chi connectivity index (χ0n) is 16.4. The minimum Gasteiger partial charge on any atom is -0.347 e. The number of nitrogens with one attached hydrogen (secondary N) is 3. The minimum atomic E-state index is -3.90. The van der Waals surface area contributed by atoms with Gasteiger partial charge in [0.2, 0.25) is 0 Å². The summed E-state index contributed by atoms with van der Waals surface area (Å²) in [5.74, 6) is -0.460. The predicted molar refractivity (Wildman–Crippen MR) is 119 cm³/mol. The molecular weight excluding hydrogens is 412 g/mol. The number of carbonyl (C=O) groups excluding carboxylic acids is 1. The van der Waals surface area contributed by atoms with Crippen molar-refractivity contribution < 1.29 is 13.2 Å². The second-order valence-corrected chi connectivity index (χ2v) is 8.51. The Morgan fingerprint density at radius 3 is 2.13 bits per heavy atom. The van der Waals surface area contributed by atoms with Crippen LogP contribution in [0.1, 0.15) is 16.1 Å². The normalized spacial score (nSPS) is 11.1. The van der Waals surface area contributed by atoms with Crippen LogP contribution in [0.25, 0.3) is 11.1 Å². The van der Waals surface area contributed by atoms with E-state index in [9.17, 15) is 13.2 Å². The van der Waals surface area contributed by atoms with Crippen LogP contribution in [0.5, 0.6) is 0 Å². The third kappa shape index (κ3) is 4.81. The number of rotatable bonds is 7. The molecule has 1 amide bonds. The van der Waals surface area contributed by atoms with E-state index in [2.05, 4.69) is 20.2 Å². The SMILES string of the molecule is O=C(NCc1ccccc1)c1[nH]ncc1NS(=O)(=O)c1ccc(-c2ccccc2)cc1. The van der Waals surface area contributed by atoms with Crippen molar-refractivity contribution in [2.24, 2.45) is 0 Å². The van der Waals surface area contributed by atoms with Gasteiger partial charge in [-0.05, 0) is 28.8 Å². The Kier molecular flexibility index (Phi) is 5.81. The van der Waals surface area contributed by atoms with E-state index in [1.807, 2.05) is 60.7 Å². The lowest BCUT2D eigenvalue weighted by Gasteiger charge is -2.10. The van der Waals surface area contributed by atoms with Gasteiger partial charge in [-0.2, -0.15) is 5.10 Å². The molecule has 3 aromatic carbocycles. The number of benzene rings is 3. The monoisotopic (exact) mass is 432 g/mol. The van der Waals surface area contributed by atoms with E-state index in [0.717, 1.165) is 16.7 Å². The standard InChI is InChI=1S/C23H20N4O3S/c28-23(24-15-17-7-3-1-4-8-17)22-21(16-25-26-22)27-31(29,30)20-13-11-19(12-14-20)18-9-5-2-6-10-18/h1-14,16,27H,15H2,(H,24,28)(H,25,26). The lowest BCUT2D eigenvalue weighted by atomic mass is 10.1. The predicted octanol–water partition coefficient (Wildman–Crippen LogP) is 3.81. The van der Waals surface area contributed by atoms with Crippen LogP contribution in [0.3, 0.4) is 0 Å². The van der Waals surface area contributed by atoms with E-state index < -0.39 is 15.9 Å². The quantitative estimate of drug-likeness (QED) is 0.413. The Morgan fingerprint density at radius 1 is 0.839 bits per heavy atom. The number of hydrogen-bond donors (Lipinski definition) is 3. The van der Waals surface area contributed by atoms with Crippen LogP contribution in [0, 0.1) is 0 Å². The molecule has 8 heteroatoms. The Labute approximate surface area is 180 Å². The molecule has 0 saturated carbocycles. The second kappa shape index (κ2) is 8.85. The molecule has 31 heavy (non-hydrogen) atoms. The lowest BCUT2D eigenvalue weighted by molar-refractivity contribution is 0.0947. The molecule has 0 saturated heterocycles. The number of H-pyrrole nitrogens is 1. The van der Waals surface area contributed by atoms with E-state index in [1.165, 1.54) is 18.3 Å². The lowest BCUT2D eigenvalue weighted by Crippen LogP contribution is -2.25. The number of sulfonamides is 1. The average Bonchev–Trinajstić information content (AvgIpc) is 3.26. The van der Waals surface area contributed by atoms with Gasteiger partial charge in [0.05, 0.1) is 16.8 Å². The summed E-state index contributed by atoms with van der Waals surface area (Å²) in [5, 5.41) is 9.12. The Hall–Kier alpha value is -3.91. The third-order valence-corrected chi connectivity index (χ3v) is 6.06. The summed E-state index contributed by atoms with van der Waals surface area (Å²) in [4.78, 5) is 12.6. The van der Waals surface area contributed by atoms with Crippen molar-refractivity contribution in [3.8, 4) is 11.1 Å². The van der Waals surface area contributed by atoms with Crippen LogP contribution in [-0.4, -0.2) is 24.5 Å². The van der Waals surface area contributed by atoms with E-state index in [4.69, 9.17) is 0 Å². The van der Waals surface area contributed by atoms with E-state index in [0.29, 0.717) is 6.54 Å². The summed E-state index contributed by atoms with van der Waals surface area (Å²) >= 11 is 0. The van der Waals surface area contributed by atoms with Crippen LogP contribution < -0.4 is 10.0 Å². The average molecular weight is 433 g/mol. The van der Waals surface area contributed by atoms with Crippen LogP contribution in [0.4, 0.5) is 5.69 Å². The third-order valence-electron chi connectivity index (χ3n) is 4.68. The van der Waals surface area contributed by atoms with Gasteiger partial charge in [0.1, 0.15) is 5.69 Å². The topological polar surface area (TPSA) is 104 Å². The highest BCUT2D eigenvalue weighted by molar-refractivity contribution is 7.92. The van der Waals surface area contributed by atoms with Gasteiger partial charge in [-0.1, -0.05) is 72.8 Å². The maximum atomic E-state index is 12.8. The van der Waals surface area contributed by atoms with Gasteiger partial charge < -0.3 is 5.32 Å². The van der Waals surface area contributed by atoms with E-state index in [1.54, 1.807) is 12.1 Å². The number of aromatic nitrogens is 2. The van der Waals surface area contributed by atoms with E-state index in [-0.39, 0.29) is 16.3 Å². The Morgan fingerprint density at radius 2 is 1.45 bits per heavy atom. The maximum Gasteiger partial charge on any atom is 0.271 e. The molecule has 0 aliphatic heterocycles. The Balaban J connectivity index is 1.48. The summed E-state index contributed by atoms with van der Waals surface area (Å²) < 4.78 is 28.1. The molecule has 0 aliphatic carbocycles. The number of hydrogen-bond acceptors (Lipinski definition) is 4. The molecular formula is C23H20N4O3S. The minimum absolute atomic E-state index is 0.0420. The van der Waals surface area contributed by atoms with Crippen molar-refractivity contribution in [2.75, 3.05) is 4.72 Å². The van der Waals surface area contributed by atoms with Crippen LogP contribution in [0.2, 0.25) is 0 Å². The molecule has 156 valence electrons. The number of anilines is 1. The fourth-order valence-corrected chi connectivity index (χ4v) is 4.12. The summed E-state index contributed by atoms with van der Waals surface area (Å²) in [7, 11) is -3.90. The molecule has 0 bridgehead atoms. The zero-order valence-corrected chi connectivity index (χ0v) is 17.3. The van der Waals surface area contributed by atoms with Gasteiger partial charge in [-0.3, -0.25) is 14.6 Å². The molecule has 0 atom stereocenters. The largest absolute Gasteiger partial charge is 0.347 e. The fourth-order valence-electron chi connectivity index (χ4n) is 3.06. The first-order valence-corrected chi connectivity index (χ1v) is 11.0. The molecule has 4 aromatic rings. The summed E-state index contributed by atoms with van der Waals surface area (Å²) in [6.45, 7) is 0.311. The molecule has 1 heterocycles. The molecule has 0 unspecified atom stereocenters. The number of nitrogens with zero attached hydrogens (tertiary/aromatic N) is 1. The van der Waals surface area contributed by atoms with Crippen molar-refractivity contribution in [1.29, 1.82) is 0 Å². The number of aromatic amines is 1. The summed E-state index contributed by atoms with van der Waals surface area (Å²) in [6.07, 6.45) is 1.27.